The Morgan fingerprint density at radius 3 is 1.75 bits per heavy atom. The van der Waals surface area contributed by atoms with Crippen LogP contribution in [0.25, 0.3) is 0 Å². The van der Waals surface area contributed by atoms with Crippen LogP contribution in [-0.2, 0) is 0 Å². The SMILES string of the molecule is O=C1NC(=O)c2ccccc21.[Cl-]. The summed E-state index contributed by atoms with van der Waals surface area (Å²) in [4.78, 5) is 21.9. The van der Waals surface area contributed by atoms with Crippen molar-refractivity contribution in [1.29, 1.82) is 0 Å². The molecule has 0 radical (unpaired) electrons. The molecule has 1 aliphatic heterocycles. The third-order valence-corrected chi connectivity index (χ3v) is 1.64. The number of carbonyl (C=O) groups is 2. The summed E-state index contributed by atoms with van der Waals surface area (Å²) in [5, 5.41) is 2.20. The first-order valence-electron chi connectivity index (χ1n) is 3.24. The molecule has 1 aromatic carbocycles. The van der Waals surface area contributed by atoms with Gasteiger partial charge in [0.05, 0.1) is 11.1 Å². The van der Waals surface area contributed by atoms with E-state index in [0.717, 1.165) is 0 Å². The van der Waals surface area contributed by atoms with Gasteiger partial charge in [-0.3, -0.25) is 14.9 Å². The number of fused-ring (bicyclic) bond motifs is 1. The molecule has 0 aromatic heterocycles. The number of halogens is 1. The van der Waals surface area contributed by atoms with Crippen molar-refractivity contribution < 1.29 is 22.0 Å². The van der Waals surface area contributed by atoms with Gasteiger partial charge in [-0.25, -0.2) is 0 Å². The number of hydrogen-bond donors (Lipinski definition) is 1. The topological polar surface area (TPSA) is 46.2 Å². The second-order valence-corrected chi connectivity index (χ2v) is 2.33. The number of hydrogen-bond acceptors (Lipinski definition) is 2. The molecule has 3 nitrogen and oxygen atoms in total. The summed E-state index contributed by atoms with van der Waals surface area (Å²) in [5.74, 6) is -0.601. The minimum Gasteiger partial charge on any atom is -1.00 e. The van der Waals surface area contributed by atoms with Crippen molar-refractivity contribution in [3.63, 3.8) is 0 Å². The first-order chi connectivity index (χ1) is 5.29. The Bertz CT molecular complexity index is 316. The Kier molecular flexibility index (Phi) is 2.15. The van der Waals surface area contributed by atoms with Crippen LogP contribution >= 0.6 is 0 Å². The maximum Gasteiger partial charge on any atom is 0.258 e. The summed E-state index contributed by atoms with van der Waals surface area (Å²) in [6.07, 6.45) is 0. The number of amides is 2. The fraction of sp³-hybridized carbons (Fsp3) is 0. The lowest BCUT2D eigenvalue weighted by Crippen LogP contribution is -3.00. The van der Waals surface area contributed by atoms with Crippen LogP contribution in [-0.4, -0.2) is 11.8 Å². The van der Waals surface area contributed by atoms with Crippen LogP contribution in [0, 0.1) is 0 Å². The molecule has 0 atom stereocenters. The monoisotopic (exact) mass is 182 g/mol. The predicted molar refractivity (Wildman–Crippen MR) is 38.2 cm³/mol. The molecule has 2 amide bonds. The zero-order valence-corrected chi connectivity index (χ0v) is 6.76. The molecule has 0 aliphatic carbocycles. The van der Waals surface area contributed by atoms with E-state index in [4.69, 9.17) is 0 Å². The van der Waals surface area contributed by atoms with Crippen LogP contribution in [0.3, 0.4) is 0 Å². The van der Waals surface area contributed by atoms with Crippen molar-refractivity contribution in [2.24, 2.45) is 0 Å². The van der Waals surface area contributed by atoms with E-state index in [1.165, 1.54) is 0 Å². The summed E-state index contributed by atoms with van der Waals surface area (Å²) in [7, 11) is 0. The minimum atomic E-state index is -0.300. The van der Waals surface area contributed by atoms with Crippen molar-refractivity contribution in [3.8, 4) is 0 Å². The average Bonchev–Trinajstić information content (AvgIpc) is 2.30. The first kappa shape index (κ1) is 8.74. The zero-order chi connectivity index (χ0) is 7.84. The van der Waals surface area contributed by atoms with E-state index in [9.17, 15) is 9.59 Å². The van der Waals surface area contributed by atoms with Gasteiger partial charge in [0.1, 0.15) is 0 Å². The van der Waals surface area contributed by atoms with Gasteiger partial charge in [-0.1, -0.05) is 12.1 Å². The standard InChI is InChI=1S/C8H5NO2.ClH/c10-7-5-3-1-2-4-6(5)8(11)9-7;/h1-4H,(H,9,10,11);1H/p-1. The molecule has 0 spiro atoms. The van der Waals surface area contributed by atoms with Crippen molar-refractivity contribution in [2.75, 3.05) is 0 Å². The Balaban J connectivity index is 0.000000720. The highest BCUT2D eigenvalue weighted by Crippen LogP contribution is 2.13. The van der Waals surface area contributed by atoms with E-state index in [1.807, 2.05) is 0 Å². The summed E-state index contributed by atoms with van der Waals surface area (Å²) in [6, 6.07) is 6.74. The van der Waals surface area contributed by atoms with Crippen molar-refractivity contribution in [2.45, 2.75) is 0 Å². The highest BCUT2D eigenvalue weighted by atomic mass is 35.5. The first-order valence-corrected chi connectivity index (χ1v) is 3.24. The Morgan fingerprint density at radius 1 is 0.917 bits per heavy atom. The van der Waals surface area contributed by atoms with Crippen LogP contribution in [0.5, 0.6) is 0 Å². The maximum absolute atomic E-state index is 10.9. The van der Waals surface area contributed by atoms with E-state index >= 15 is 0 Å². The second-order valence-electron chi connectivity index (χ2n) is 2.33. The Labute approximate surface area is 75.2 Å². The second kappa shape index (κ2) is 2.95. The zero-order valence-electron chi connectivity index (χ0n) is 6.00. The lowest BCUT2D eigenvalue weighted by atomic mass is 10.1. The number of rotatable bonds is 0. The highest BCUT2D eigenvalue weighted by Gasteiger charge is 2.25. The molecule has 0 bridgehead atoms. The fourth-order valence-electron chi connectivity index (χ4n) is 1.12. The molecule has 1 aliphatic rings. The molecule has 0 saturated heterocycles. The molecule has 12 heavy (non-hydrogen) atoms. The summed E-state index contributed by atoms with van der Waals surface area (Å²) in [6.45, 7) is 0. The van der Waals surface area contributed by atoms with Crippen LogP contribution in [0.4, 0.5) is 0 Å². The predicted octanol–water partition coefficient (Wildman–Crippen LogP) is -2.43. The number of carbonyl (C=O) groups excluding carboxylic acids is 2. The van der Waals surface area contributed by atoms with E-state index in [2.05, 4.69) is 5.32 Å². The molecule has 4 heteroatoms. The van der Waals surface area contributed by atoms with Gasteiger partial charge >= 0.3 is 0 Å². The number of nitrogens with one attached hydrogen (secondary N) is 1. The summed E-state index contributed by atoms with van der Waals surface area (Å²) < 4.78 is 0. The van der Waals surface area contributed by atoms with Gasteiger partial charge in [0.25, 0.3) is 11.8 Å². The molecular formula is C8H5ClNO2-. The van der Waals surface area contributed by atoms with E-state index in [0.29, 0.717) is 11.1 Å². The third kappa shape index (κ3) is 1.08. The molecule has 2 rings (SSSR count). The lowest BCUT2D eigenvalue weighted by molar-refractivity contribution is -0.0000206. The third-order valence-electron chi connectivity index (χ3n) is 1.64. The lowest BCUT2D eigenvalue weighted by Gasteiger charge is -1.88. The molecule has 1 aromatic rings. The molecule has 0 saturated carbocycles. The Morgan fingerprint density at radius 2 is 1.33 bits per heavy atom. The molecule has 1 N–H and O–H groups in total. The van der Waals surface area contributed by atoms with Crippen molar-refractivity contribution in [3.05, 3.63) is 35.4 Å². The molecular weight excluding hydrogens is 178 g/mol. The van der Waals surface area contributed by atoms with Crippen LogP contribution in [0.1, 0.15) is 20.7 Å². The minimum absolute atomic E-state index is 0. The van der Waals surface area contributed by atoms with Crippen LogP contribution < -0.4 is 17.7 Å². The molecule has 0 unspecified atom stereocenters. The highest BCUT2D eigenvalue weighted by molar-refractivity contribution is 6.21. The smallest absolute Gasteiger partial charge is 0.258 e. The van der Waals surface area contributed by atoms with Gasteiger partial charge in [0.15, 0.2) is 0 Å². The van der Waals surface area contributed by atoms with Gasteiger partial charge < -0.3 is 12.4 Å². The summed E-state index contributed by atoms with van der Waals surface area (Å²) in [5.41, 5.74) is 0.940. The fourth-order valence-corrected chi connectivity index (χ4v) is 1.12. The molecule has 0 fully saturated rings. The Hall–Kier alpha value is -1.35. The van der Waals surface area contributed by atoms with Crippen LogP contribution in [0.2, 0.25) is 0 Å². The van der Waals surface area contributed by atoms with E-state index < -0.39 is 0 Å². The van der Waals surface area contributed by atoms with Gasteiger partial charge in [-0.15, -0.1) is 0 Å². The van der Waals surface area contributed by atoms with Gasteiger partial charge in [-0.05, 0) is 12.1 Å². The normalized spacial score (nSPS) is 13.3. The number of benzene rings is 1. The van der Waals surface area contributed by atoms with Gasteiger partial charge in [0, 0.05) is 0 Å². The van der Waals surface area contributed by atoms with Crippen LogP contribution in [0.15, 0.2) is 24.3 Å². The average molecular weight is 183 g/mol. The van der Waals surface area contributed by atoms with Crippen molar-refractivity contribution >= 4 is 11.8 Å². The maximum atomic E-state index is 10.9. The van der Waals surface area contributed by atoms with E-state index in [-0.39, 0.29) is 24.2 Å². The quantitative estimate of drug-likeness (QED) is 0.454. The molecule has 1 heterocycles. The summed E-state index contributed by atoms with van der Waals surface area (Å²) >= 11 is 0. The van der Waals surface area contributed by atoms with Gasteiger partial charge in [-0.2, -0.15) is 0 Å². The van der Waals surface area contributed by atoms with Crippen molar-refractivity contribution in [1.82, 2.24) is 5.32 Å². The van der Waals surface area contributed by atoms with Gasteiger partial charge in [0.2, 0.25) is 0 Å². The largest absolute Gasteiger partial charge is 1.00 e. The molecule has 62 valence electrons. The number of imide groups is 1. The van der Waals surface area contributed by atoms with E-state index in [1.54, 1.807) is 24.3 Å².